The van der Waals surface area contributed by atoms with Crippen molar-refractivity contribution in [2.75, 3.05) is 38.0 Å². The molecule has 2 N–H and O–H groups in total. The van der Waals surface area contributed by atoms with E-state index in [1.54, 1.807) is 17.5 Å². The van der Waals surface area contributed by atoms with E-state index in [1.165, 1.54) is 15.6 Å². The molecule has 0 bridgehead atoms. The van der Waals surface area contributed by atoms with Crippen molar-refractivity contribution in [3.05, 3.63) is 46.3 Å². The Hall–Kier alpha value is -1.26. The van der Waals surface area contributed by atoms with Crippen LogP contribution in [-0.2, 0) is 14.8 Å². The Morgan fingerprint density at radius 3 is 2.64 bits per heavy atom. The Bertz CT molecular complexity index is 832. The van der Waals surface area contributed by atoms with E-state index < -0.39 is 10.0 Å². The Labute approximate surface area is 159 Å². The van der Waals surface area contributed by atoms with Crippen molar-refractivity contribution in [2.24, 2.45) is 0 Å². The molecule has 0 spiro atoms. The summed E-state index contributed by atoms with van der Waals surface area (Å²) in [6, 6.07) is 10.8. The Balaban J connectivity index is 1.52. The van der Waals surface area contributed by atoms with Gasteiger partial charge in [0, 0.05) is 10.2 Å². The summed E-state index contributed by atoms with van der Waals surface area (Å²) in [5.74, 6) is -0.0670. The third-order valence-electron chi connectivity index (χ3n) is 4.04. The molecule has 9 heteroatoms. The first-order chi connectivity index (χ1) is 11.9. The molecule has 0 radical (unpaired) electrons. The molecule has 1 amide bonds. The number of anilines is 1. The van der Waals surface area contributed by atoms with Crippen molar-refractivity contribution in [3.63, 3.8) is 0 Å². The monoisotopic (exact) mass is 444 g/mol. The molecule has 2 aromatic rings. The van der Waals surface area contributed by atoms with Gasteiger partial charge in [0.05, 0.1) is 26.2 Å². The first-order valence-electron chi connectivity index (χ1n) is 7.88. The number of halogens is 1. The molecule has 25 heavy (non-hydrogen) atoms. The number of nitrogens with one attached hydrogen (secondary N) is 2. The summed E-state index contributed by atoms with van der Waals surface area (Å²) < 4.78 is 27.8. The van der Waals surface area contributed by atoms with Crippen LogP contribution in [0.1, 0.15) is 0 Å². The van der Waals surface area contributed by atoms with E-state index in [0.29, 0.717) is 36.9 Å². The van der Waals surface area contributed by atoms with Crippen LogP contribution in [0.4, 0.5) is 5.69 Å². The van der Waals surface area contributed by atoms with Gasteiger partial charge in [-0.3, -0.25) is 4.79 Å². The molecule has 0 aliphatic carbocycles. The zero-order valence-electron chi connectivity index (χ0n) is 13.4. The van der Waals surface area contributed by atoms with Gasteiger partial charge in [-0.25, -0.2) is 8.42 Å². The van der Waals surface area contributed by atoms with Gasteiger partial charge in [0.1, 0.15) is 4.21 Å². The summed E-state index contributed by atoms with van der Waals surface area (Å²) in [6.45, 7) is 2.44. The van der Waals surface area contributed by atoms with Gasteiger partial charge in [-0.1, -0.05) is 28.1 Å². The van der Waals surface area contributed by atoms with Gasteiger partial charge >= 0.3 is 0 Å². The maximum atomic E-state index is 12.5. The number of sulfonamides is 1. The fourth-order valence-electron chi connectivity index (χ4n) is 2.76. The predicted molar refractivity (Wildman–Crippen MR) is 101 cm³/mol. The number of rotatable bonds is 5. The topological polar surface area (TPSA) is 70.9 Å². The Morgan fingerprint density at radius 1 is 1.24 bits per heavy atom. The van der Waals surface area contributed by atoms with Gasteiger partial charge < -0.3 is 10.2 Å². The molecule has 3 rings (SSSR count). The van der Waals surface area contributed by atoms with E-state index in [-0.39, 0.29) is 5.91 Å². The Kier molecular flexibility index (Phi) is 5.90. The molecule has 1 saturated heterocycles. The lowest BCUT2D eigenvalue weighted by Crippen LogP contribution is -3.15. The van der Waals surface area contributed by atoms with E-state index in [1.807, 2.05) is 24.3 Å². The highest BCUT2D eigenvalue weighted by atomic mass is 79.9. The largest absolute Gasteiger partial charge is 0.325 e. The molecule has 6 nitrogen and oxygen atoms in total. The molecule has 134 valence electrons. The summed E-state index contributed by atoms with van der Waals surface area (Å²) in [7, 11) is -3.39. The molecule has 0 unspecified atom stereocenters. The van der Waals surface area contributed by atoms with E-state index in [2.05, 4.69) is 21.2 Å². The number of piperazine rings is 1. The Morgan fingerprint density at radius 2 is 2.00 bits per heavy atom. The third kappa shape index (κ3) is 4.68. The van der Waals surface area contributed by atoms with Crippen LogP contribution in [0.15, 0.2) is 50.5 Å². The molecule has 0 saturated carbocycles. The van der Waals surface area contributed by atoms with E-state index in [9.17, 15) is 13.2 Å². The zero-order valence-corrected chi connectivity index (χ0v) is 16.7. The number of hydrogen-bond donors (Lipinski definition) is 2. The van der Waals surface area contributed by atoms with E-state index in [0.717, 1.165) is 15.1 Å². The lowest BCUT2D eigenvalue weighted by molar-refractivity contribution is -0.895. The normalized spacial score (nSPS) is 16.7. The number of benzene rings is 1. The number of thiophene rings is 1. The average molecular weight is 445 g/mol. The number of amides is 1. The van der Waals surface area contributed by atoms with Crippen LogP contribution in [0.25, 0.3) is 0 Å². The molecule has 0 atom stereocenters. The second-order valence-electron chi connectivity index (χ2n) is 5.82. The van der Waals surface area contributed by atoms with Crippen molar-refractivity contribution in [3.8, 4) is 0 Å². The van der Waals surface area contributed by atoms with Gasteiger partial charge in [-0.2, -0.15) is 4.31 Å². The summed E-state index contributed by atoms with van der Waals surface area (Å²) in [6.07, 6.45) is 0. The lowest BCUT2D eigenvalue weighted by atomic mass is 10.3. The molecule has 2 heterocycles. The first kappa shape index (κ1) is 18.5. The minimum absolute atomic E-state index is 0.0670. The second kappa shape index (κ2) is 7.96. The SMILES string of the molecule is O=C(C[NH+]1CCN(S(=O)(=O)c2cccs2)CC1)Nc1cccc(Br)c1. The number of carbonyl (C=O) groups is 1. The van der Waals surface area contributed by atoms with Crippen molar-refractivity contribution >= 4 is 48.9 Å². The summed E-state index contributed by atoms with van der Waals surface area (Å²) in [4.78, 5) is 13.3. The molecule has 1 aliphatic heterocycles. The minimum Gasteiger partial charge on any atom is -0.325 e. The van der Waals surface area contributed by atoms with Crippen LogP contribution in [0.5, 0.6) is 0 Å². The number of quaternary nitrogens is 1. The van der Waals surface area contributed by atoms with Gasteiger partial charge in [0.15, 0.2) is 6.54 Å². The smallest absolute Gasteiger partial charge is 0.279 e. The fourth-order valence-corrected chi connectivity index (χ4v) is 5.74. The van der Waals surface area contributed by atoms with Gasteiger partial charge in [0.25, 0.3) is 15.9 Å². The van der Waals surface area contributed by atoms with Crippen LogP contribution in [0.3, 0.4) is 0 Å². The molecule has 1 aromatic carbocycles. The van der Waals surface area contributed by atoms with Crippen LogP contribution in [0.2, 0.25) is 0 Å². The molecular formula is C16H19BrN3O3S2+. The number of carbonyl (C=O) groups excluding carboxylic acids is 1. The number of hydrogen-bond acceptors (Lipinski definition) is 4. The maximum absolute atomic E-state index is 12.5. The van der Waals surface area contributed by atoms with Crippen LogP contribution < -0.4 is 10.2 Å². The average Bonchev–Trinajstić information content (AvgIpc) is 3.10. The molecule has 1 fully saturated rings. The summed E-state index contributed by atoms with van der Waals surface area (Å²) in [5.41, 5.74) is 0.748. The van der Waals surface area contributed by atoms with Crippen molar-refractivity contribution < 1.29 is 18.1 Å². The predicted octanol–water partition coefficient (Wildman–Crippen LogP) is 1.04. The van der Waals surface area contributed by atoms with E-state index >= 15 is 0 Å². The lowest BCUT2D eigenvalue weighted by Gasteiger charge is -2.30. The highest BCUT2D eigenvalue weighted by Crippen LogP contribution is 2.20. The standard InChI is InChI=1S/C16H18BrN3O3S2/c17-13-3-1-4-14(11-13)18-15(21)12-19-6-8-20(9-7-19)25(22,23)16-5-2-10-24-16/h1-5,10-11H,6-9,12H2,(H,18,21)/p+1. The highest BCUT2D eigenvalue weighted by Gasteiger charge is 2.31. The quantitative estimate of drug-likeness (QED) is 0.723. The minimum atomic E-state index is -3.39. The van der Waals surface area contributed by atoms with Gasteiger partial charge in [-0.15, -0.1) is 11.3 Å². The van der Waals surface area contributed by atoms with Crippen molar-refractivity contribution in [2.45, 2.75) is 4.21 Å². The molecule has 1 aliphatic rings. The summed E-state index contributed by atoms with van der Waals surface area (Å²) in [5, 5.41) is 4.64. The molecular weight excluding hydrogens is 426 g/mol. The summed E-state index contributed by atoms with van der Waals surface area (Å²) >= 11 is 4.61. The zero-order chi connectivity index (χ0) is 17.9. The van der Waals surface area contributed by atoms with Crippen molar-refractivity contribution in [1.82, 2.24) is 4.31 Å². The van der Waals surface area contributed by atoms with E-state index in [4.69, 9.17) is 0 Å². The third-order valence-corrected chi connectivity index (χ3v) is 7.80. The fraction of sp³-hybridized carbons (Fsp3) is 0.312. The molecule has 1 aromatic heterocycles. The van der Waals surface area contributed by atoms with Gasteiger partial charge in [0.2, 0.25) is 0 Å². The van der Waals surface area contributed by atoms with Crippen LogP contribution in [0, 0.1) is 0 Å². The number of nitrogens with zero attached hydrogens (tertiary/aromatic N) is 1. The van der Waals surface area contributed by atoms with Crippen molar-refractivity contribution in [1.29, 1.82) is 0 Å². The first-order valence-corrected chi connectivity index (χ1v) is 11.0. The second-order valence-corrected chi connectivity index (χ2v) is 9.85. The maximum Gasteiger partial charge on any atom is 0.279 e. The van der Waals surface area contributed by atoms with Crippen LogP contribution >= 0.6 is 27.3 Å². The highest BCUT2D eigenvalue weighted by molar-refractivity contribution is 9.10. The van der Waals surface area contributed by atoms with Crippen LogP contribution in [-0.4, -0.2) is 51.4 Å². The van der Waals surface area contributed by atoms with Gasteiger partial charge in [-0.05, 0) is 29.6 Å².